The van der Waals surface area contributed by atoms with Crippen LogP contribution in [0.1, 0.15) is 29.2 Å². The Morgan fingerprint density at radius 3 is 2.62 bits per heavy atom. The number of allylic oxidation sites excluding steroid dienone is 1. The second kappa shape index (κ2) is 11.4. The molecule has 0 saturated carbocycles. The van der Waals surface area contributed by atoms with Gasteiger partial charge in [0.05, 0.1) is 4.91 Å². The highest BCUT2D eigenvalue weighted by Crippen LogP contribution is 2.32. The van der Waals surface area contributed by atoms with Gasteiger partial charge < -0.3 is 15.4 Å². The van der Waals surface area contributed by atoms with Crippen LogP contribution in [-0.2, 0) is 24.2 Å². The molecule has 1 heterocycles. The van der Waals surface area contributed by atoms with Crippen LogP contribution in [0, 0.1) is 0 Å². The number of amides is 1. The lowest BCUT2D eigenvalue weighted by atomic mass is 10.0. The SMILES string of the molecule is C=CCc1cc(/C=C2\S[C@@H](Nc3ccc(CC)cc3)NC2=O)ccc1OCc1cccc2ccccc12. The Morgan fingerprint density at radius 1 is 1.00 bits per heavy atom. The maximum absolute atomic E-state index is 12.6. The Hall–Kier alpha value is -3.96. The summed E-state index contributed by atoms with van der Waals surface area (Å²) in [6, 6.07) is 29.0. The molecule has 1 fully saturated rings. The largest absolute Gasteiger partial charge is 0.489 e. The predicted molar refractivity (Wildman–Crippen MR) is 156 cm³/mol. The highest BCUT2D eigenvalue weighted by molar-refractivity contribution is 8.05. The number of thioether (sulfide) groups is 1. The van der Waals surface area contributed by atoms with Crippen LogP contribution >= 0.6 is 11.8 Å². The Balaban J connectivity index is 1.30. The number of benzene rings is 4. The van der Waals surface area contributed by atoms with E-state index in [1.807, 2.05) is 42.5 Å². The first-order valence-corrected chi connectivity index (χ1v) is 13.4. The Labute approximate surface area is 222 Å². The average Bonchev–Trinajstić information content (AvgIpc) is 3.26. The molecule has 5 rings (SSSR count). The zero-order valence-electron chi connectivity index (χ0n) is 20.9. The van der Waals surface area contributed by atoms with Crippen LogP contribution in [0.5, 0.6) is 5.75 Å². The van der Waals surface area contributed by atoms with Gasteiger partial charge in [-0.15, -0.1) is 6.58 Å². The van der Waals surface area contributed by atoms with Gasteiger partial charge in [0.25, 0.3) is 5.91 Å². The smallest absolute Gasteiger partial charge is 0.260 e. The van der Waals surface area contributed by atoms with E-state index >= 15 is 0 Å². The van der Waals surface area contributed by atoms with Crippen LogP contribution in [-0.4, -0.2) is 11.4 Å². The molecule has 0 aromatic heterocycles. The molecule has 4 aromatic rings. The minimum absolute atomic E-state index is 0.0748. The zero-order chi connectivity index (χ0) is 25.6. The van der Waals surface area contributed by atoms with Gasteiger partial charge in [-0.1, -0.05) is 85.4 Å². The highest BCUT2D eigenvalue weighted by atomic mass is 32.2. The summed E-state index contributed by atoms with van der Waals surface area (Å²) >= 11 is 1.49. The van der Waals surface area contributed by atoms with Gasteiger partial charge >= 0.3 is 0 Å². The number of carbonyl (C=O) groups is 1. The zero-order valence-corrected chi connectivity index (χ0v) is 21.7. The van der Waals surface area contributed by atoms with E-state index in [4.69, 9.17) is 4.74 Å². The molecule has 1 aliphatic heterocycles. The normalized spacial score (nSPS) is 16.1. The number of fused-ring (bicyclic) bond motifs is 1. The third-order valence-electron chi connectivity index (χ3n) is 6.40. The summed E-state index contributed by atoms with van der Waals surface area (Å²) in [4.78, 5) is 13.3. The van der Waals surface area contributed by atoms with Crippen LogP contribution in [0.2, 0.25) is 0 Å². The molecule has 0 bridgehead atoms. The van der Waals surface area contributed by atoms with Gasteiger partial charge in [-0.3, -0.25) is 4.79 Å². The van der Waals surface area contributed by atoms with Gasteiger partial charge in [-0.25, -0.2) is 0 Å². The molecule has 0 aliphatic carbocycles. The third kappa shape index (κ3) is 5.89. The molecule has 4 nitrogen and oxygen atoms in total. The van der Waals surface area contributed by atoms with Gasteiger partial charge in [0, 0.05) is 5.69 Å². The lowest BCUT2D eigenvalue weighted by molar-refractivity contribution is -0.116. The molecule has 186 valence electrons. The summed E-state index contributed by atoms with van der Waals surface area (Å²) in [6.07, 6.45) is 5.49. The van der Waals surface area contributed by atoms with Crippen LogP contribution in [0.15, 0.2) is 102 Å². The van der Waals surface area contributed by atoms with Crippen molar-refractivity contribution in [2.45, 2.75) is 31.9 Å². The maximum Gasteiger partial charge on any atom is 0.260 e. The third-order valence-corrected chi connectivity index (χ3v) is 7.43. The maximum atomic E-state index is 12.6. The van der Waals surface area contributed by atoms with E-state index in [1.165, 1.54) is 28.1 Å². The molecule has 0 unspecified atom stereocenters. The standard InChI is InChI=1S/C32H30N2O2S/c1-3-8-25-19-23(15-18-29(25)36-21-26-11-7-10-24-9-5-6-12-28(24)26)20-30-31(35)34-32(37-30)33-27-16-13-22(4-2)14-17-27/h3,5-7,9-20,32-33H,1,4,8,21H2,2H3,(H,34,35)/b30-20-/t32-/m0/s1. The second-order valence-corrected chi connectivity index (χ2v) is 10.1. The van der Waals surface area contributed by atoms with Crippen molar-refractivity contribution in [3.05, 3.63) is 125 Å². The number of carbonyl (C=O) groups excluding carboxylic acids is 1. The van der Waals surface area contributed by atoms with Gasteiger partial charge in [0.1, 0.15) is 12.4 Å². The Morgan fingerprint density at radius 2 is 1.81 bits per heavy atom. The van der Waals surface area contributed by atoms with Gasteiger partial charge in [-0.2, -0.15) is 0 Å². The Kier molecular flexibility index (Phi) is 7.62. The monoisotopic (exact) mass is 506 g/mol. The van der Waals surface area contributed by atoms with E-state index in [2.05, 4.69) is 78.7 Å². The van der Waals surface area contributed by atoms with Crippen molar-refractivity contribution in [2.24, 2.45) is 0 Å². The van der Waals surface area contributed by atoms with E-state index in [-0.39, 0.29) is 11.4 Å². The number of anilines is 1. The van der Waals surface area contributed by atoms with Crippen molar-refractivity contribution in [2.75, 3.05) is 5.32 Å². The number of hydrogen-bond acceptors (Lipinski definition) is 4. The van der Waals surface area contributed by atoms with Crippen molar-refractivity contribution in [1.29, 1.82) is 0 Å². The summed E-state index contributed by atoms with van der Waals surface area (Å²) in [5.74, 6) is 0.753. The second-order valence-electron chi connectivity index (χ2n) is 8.96. The molecule has 0 spiro atoms. The van der Waals surface area contributed by atoms with Crippen molar-refractivity contribution in [1.82, 2.24) is 5.32 Å². The quantitative estimate of drug-likeness (QED) is 0.185. The molecule has 2 N–H and O–H groups in total. The number of ether oxygens (including phenoxy) is 1. The molecule has 1 aliphatic rings. The lowest BCUT2D eigenvalue weighted by Gasteiger charge is -2.13. The van der Waals surface area contributed by atoms with Crippen LogP contribution < -0.4 is 15.4 Å². The number of aryl methyl sites for hydroxylation is 1. The topological polar surface area (TPSA) is 50.4 Å². The van der Waals surface area contributed by atoms with E-state index < -0.39 is 0 Å². The molecule has 0 radical (unpaired) electrons. The summed E-state index contributed by atoms with van der Waals surface area (Å²) < 4.78 is 6.27. The fraction of sp³-hybridized carbons (Fsp3) is 0.156. The number of hydrogen-bond donors (Lipinski definition) is 2. The average molecular weight is 507 g/mol. The first-order chi connectivity index (χ1) is 18.1. The molecule has 1 saturated heterocycles. The van der Waals surface area contributed by atoms with Crippen molar-refractivity contribution >= 4 is 40.2 Å². The number of rotatable bonds is 9. The lowest BCUT2D eigenvalue weighted by Crippen LogP contribution is -2.30. The van der Waals surface area contributed by atoms with Crippen molar-refractivity contribution in [3.63, 3.8) is 0 Å². The van der Waals surface area contributed by atoms with Gasteiger partial charge in [0.2, 0.25) is 0 Å². The minimum Gasteiger partial charge on any atom is -0.489 e. The minimum atomic E-state index is -0.206. The van der Waals surface area contributed by atoms with E-state index in [0.29, 0.717) is 17.9 Å². The molecule has 37 heavy (non-hydrogen) atoms. The van der Waals surface area contributed by atoms with Gasteiger partial charge in [-0.05, 0) is 76.2 Å². The first-order valence-electron chi connectivity index (χ1n) is 12.5. The number of nitrogens with one attached hydrogen (secondary N) is 2. The van der Waals surface area contributed by atoms with Crippen LogP contribution in [0.3, 0.4) is 0 Å². The van der Waals surface area contributed by atoms with Crippen molar-refractivity contribution < 1.29 is 9.53 Å². The van der Waals surface area contributed by atoms with Gasteiger partial charge in [0.15, 0.2) is 5.50 Å². The molecule has 4 aromatic carbocycles. The van der Waals surface area contributed by atoms with E-state index in [9.17, 15) is 4.79 Å². The van der Waals surface area contributed by atoms with Crippen molar-refractivity contribution in [3.8, 4) is 5.75 Å². The molecular weight excluding hydrogens is 476 g/mol. The van der Waals surface area contributed by atoms with E-state index in [0.717, 1.165) is 34.5 Å². The van der Waals surface area contributed by atoms with Crippen LogP contribution in [0.25, 0.3) is 16.8 Å². The summed E-state index contributed by atoms with van der Waals surface area (Å²) in [5, 5.41) is 8.79. The molecule has 5 heteroatoms. The molecular formula is C32H30N2O2S. The fourth-order valence-electron chi connectivity index (χ4n) is 4.42. The molecule has 1 amide bonds. The fourth-order valence-corrected chi connectivity index (χ4v) is 5.41. The molecule has 1 atom stereocenters. The first kappa shape index (κ1) is 24.7. The summed E-state index contributed by atoms with van der Waals surface area (Å²) in [7, 11) is 0. The van der Waals surface area contributed by atoms with E-state index in [1.54, 1.807) is 0 Å². The van der Waals surface area contributed by atoms with Crippen LogP contribution in [0.4, 0.5) is 5.69 Å². The summed E-state index contributed by atoms with van der Waals surface area (Å²) in [5.41, 5.74) is 5.21. The highest BCUT2D eigenvalue weighted by Gasteiger charge is 2.27. The predicted octanol–water partition coefficient (Wildman–Crippen LogP) is 7.31. The summed E-state index contributed by atoms with van der Waals surface area (Å²) in [6.45, 7) is 6.53. The Bertz CT molecular complexity index is 1450.